The van der Waals surface area contributed by atoms with Gasteiger partial charge >= 0.3 is 6.61 Å². The molecule has 0 radical (unpaired) electrons. The molecule has 3 aromatic rings. The van der Waals surface area contributed by atoms with E-state index in [1.807, 2.05) is 35.8 Å². The predicted octanol–water partition coefficient (Wildman–Crippen LogP) is 3.91. The van der Waals surface area contributed by atoms with Gasteiger partial charge in [-0.05, 0) is 43.3 Å². The second-order valence-electron chi connectivity index (χ2n) is 5.03. The average molecular weight is 331 g/mol. The fourth-order valence-corrected chi connectivity index (χ4v) is 2.45. The van der Waals surface area contributed by atoms with Crippen LogP contribution in [0.3, 0.4) is 0 Å². The number of benzene rings is 2. The molecule has 0 spiro atoms. The number of para-hydroxylation sites is 2. The van der Waals surface area contributed by atoms with Crippen LogP contribution >= 0.6 is 0 Å². The van der Waals surface area contributed by atoms with Gasteiger partial charge in [-0.2, -0.15) is 8.78 Å². The molecule has 0 saturated heterocycles. The Labute approximate surface area is 136 Å². The summed E-state index contributed by atoms with van der Waals surface area (Å²) in [6.45, 7) is -0.286. The Morgan fingerprint density at radius 3 is 2.58 bits per heavy atom. The van der Waals surface area contributed by atoms with Gasteiger partial charge in [-0.3, -0.25) is 10.1 Å². The Morgan fingerprint density at radius 1 is 1.21 bits per heavy atom. The first-order chi connectivity index (χ1) is 11.6. The van der Waals surface area contributed by atoms with Crippen molar-refractivity contribution < 1.29 is 18.3 Å². The van der Waals surface area contributed by atoms with Gasteiger partial charge in [0.1, 0.15) is 5.75 Å². The zero-order valence-corrected chi connectivity index (χ0v) is 12.9. The molecule has 1 amide bonds. The molecule has 0 aliphatic carbocycles. The van der Waals surface area contributed by atoms with Crippen LogP contribution in [0.2, 0.25) is 0 Å². The maximum absolute atomic E-state index is 12.3. The molecule has 0 bridgehead atoms. The third-order valence-electron chi connectivity index (χ3n) is 3.54. The lowest BCUT2D eigenvalue weighted by Crippen LogP contribution is -2.15. The van der Waals surface area contributed by atoms with E-state index in [1.54, 1.807) is 0 Å². The maximum Gasteiger partial charge on any atom is 0.387 e. The number of hydrogen-bond acceptors (Lipinski definition) is 3. The minimum absolute atomic E-state index is 0.00217. The Morgan fingerprint density at radius 2 is 1.92 bits per heavy atom. The molecule has 5 nitrogen and oxygen atoms in total. The van der Waals surface area contributed by atoms with Crippen molar-refractivity contribution in [2.45, 2.75) is 20.1 Å². The van der Waals surface area contributed by atoms with E-state index in [9.17, 15) is 13.6 Å². The van der Waals surface area contributed by atoms with Gasteiger partial charge in [0.05, 0.1) is 11.0 Å². The highest BCUT2D eigenvalue weighted by Gasteiger charge is 2.13. The van der Waals surface area contributed by atoms with Gasteiger partial charge in [0, 0.05) is 12.1 Å². The van der Waals surface area contributed by atoms with Gasteiger partial charge in [0.2, 0.25) is 5.95 Å². The number of nitrogens with zero attached hydrogens (tertiary/aromatic N) is 2. The van der Waals surface area contributed by atoms with Crippen LogP contribution in [0.4, 0.5) is 14.7 Å². The van der Waals surface area contributed by atoms with E-state index >= 15 is 0 Å². The van der Waals surface area contributed by atoms with Crippen LogP contribution in [-0.2, 0) is 6.54 Å². The van der Waals surface area contributed by atoms with E-state index < -0.39 is 6.61 Å². The Hall–Kier alpha value is -2.96. The van der Waals surface area contributed by atoms with Crippen LogP contribution in [0.15, 0.2) is 48.5 Å². The fraction of sp³-hybridized carbons (Fsp3) is 0.176. The number of aryl methyl sites for hydroxylation is 1. The largest absolute Gasteiger partial charge is 0.435 e. The van der Waals surface area contributed by atoms with Gasteiger partial charge in [-0.1, -0.05) is 12.1 Å². The summed E-state index contributed by atoms with van der Waals surface area (Å²) in [6.07, 6.45) is 0. The first-order valence-electron chi connectivity index (χ1n) is 7.40. The van der Waals surface area contributed by atoms with Gasteiger partial charge in [-0.15, -0.1) is 0 Å². The summed E-state index contributed by atoms with van der Waals surface area (Å²) in [6, 6.07) is 13.1. The summed E-state index contributed by atoms with van der Waals surface area (Å²) in [5.41, 5.74) is 2.04. The molecule has 1 aromatic heterocycles. The maximum atomic E-state index is 12.3. The number of amides is 1. The first-order valence-corrected chi connectivity index (χ1v) is 7.40. The summed E-state index contributed by atoms with van der Waals surface area (Å²) in [7, 11) is 0. The lowest BCUT2D eigenvalue weighted by Gasteiger charge is -2.08. The van der Waals surface area contributed by atoms with Gasteiger partial charge < -0.3 is 9.30 Å². The third-order valence-corrected chi connectivity index (χ3v) is 3.54. The molecule has 3 rings (SSSR count). The van der Waals surface area contributed by atoms with Crippen molar-refractivity contribution in [2.75, 3.05) is 5.32 Å². The predicted molar refractivity (Wildman–Crippen MR) is 86.4 cm³/mol. The van der Waals surface area contributed by atoms with Crippen molar-refractivity contribution in [2.24, 2.45) is 0 Å². The van der Waals surface area contributed by atoms with E-state index in [4.69, 9.17) is 0 Å². The third kappa shape index (κ3) is 3.19. The Bertz CT molecular complexity index is 860. The number of halogens is 2. The second-order valence-corrected chi connectivity index (χ2v) is 5.03. The van der Waals surface area contributed by atoms with Crippen LogP contribution in [0.25, 0.3) is 11.0 Å². The number of fused-ring (bicyclic) bond motifs is 1. The summed E-state index contributed by atoms with van der Waals surface area (Å²) >= 11 is 0. The molecule has 1 heterocycles. The van der Waals surface area contributed by atoms with E-state index in [0.717, 1.165) is 11.0 Å². The molecule has 0 saturated carbocycles. The Balaban J connectivity index is 1.82. The molecule has 7 heteroatoms. The van der Waals surface area contributed by atoms with Gasteiger partial charge in [0.25, 0.3) is 5.91 Å². The van der Waals surface area contributed by atoms with Crippen LogP contribution in [0, 0.1) is 0 Å². The SMILES string of the molecule is CCn1c(NC(=O)c2ccc(OC(F)F)cc2)nc2ccccc21. The zero-order valence-electron chi connectivity index (χ0n) is 12.9. The number of rotatable bonds is 5. The molecule has 0 aliphatic rings. The monoisotopic (exact) mass is 331 g/mol. The number of anilines is 1. The van der Waals surface area contributed by atoms with Crippen LogP contribution in [0.1, 0.15) is 17.3 Å². The second kappa shape index (κ2) is 6.66. The van der Waals surface area contributed by atoms with Crippen molar-refractivity contribution in [1.82, 2.24) is 9.55 Å². The fourth-order valence-electron chi connectivity index (χ4n) is 2.45. The van der Waals surface area contributed by atoms with Crippen LogP contribution in [-0.4, -0.2) is 22.1 Å². The number of aromatic nitrogens is 2. The molecule has 124 valence electrons. The van der Waals surface area contributed by atoms with Crippen molar-refractivity contribution >= 4 is 22.9 Å². The highest BCUT2D eigenvalue weighted by atomic mass is 19.3. The van der Waals surface area contributed by atoms with Crippen molar-refractivity contribution in [1.29, 1.82) is 0 Å². The van der Waals surface area contributed by atoms with Crippen LogP contribution < -0.4 is 10.1 Å². The smallest absolute Gasteiger partial charge is 0.387 e. The van der Waals surface area contributed by atoms with Gasteiger partial charge in [-0.25, -0.2) is 4.98 Å². The van der Waals surface area contributed by atoms with E-state index in [2.05, 4.69) is 15.0 Å². The molecule has 2 aromatic carbocycles. The number of hydrogen-bond donors (Lipinski definition) is 1. The standard InChI is InChI=1S/C17H15F2N3O2/c1-2-22-14-6-4-3-5-13(14)20-17(22)21-15(23)11-7-9-12(10-8-11)24-16(18)19/h3-10,16H,2H2,1H3,(H,20,21,23). The topological polar surface area (TPSA) is 56.2 Å². The summed E-state index contributed by atoms with van der Waals surface area (Å²) in [4.78, 5) is 16.8. The number of alkyl halides is 2. The minimum atomic E-state index is -2.89. The van der Waals surface area contributed by atoms with Crippen molar-refractivity contribution in [3.8, 4) is 5.75 Å². The average Bonchev–Trinajstić information content (AvgIpc) is 2.91. The quantitative estimate of drug-likeness (QED) is 0.771. The zero-order chi connectivity index (χ0) is 17.1. The molecule has 24 heavy (non-hydrogen) atoms. The van der Waals surface area contributed by atoms with Crippen molar-refractivity contribution in [3.05, 3.63) is 54.1 Å². The number of imidazole rings is 1. The summed E-state index contributed by atoms with van der Waals surface area (Å²) in [5, 5.41) is 2.75. The van der Waals surface area contributed by atoms with E-state index in [0.29, 0.717) is 18.1 Å². The van der Waals surface area contributed by atoms with E-state index in [1.165, 1.54) is 24.3 Å². The normalized spacial score (nSPS) is 11.0. The first kappa shape index (κ1) is 15.9. The van der Waals surface area contributed by atoms with Gasteiger partial charge in [0.15, 0.2) is 0 Å². The van der Waals surface area contributed by atoms with E-state index in [-0.39, 0.29) is 11.7 Å². The highest BCUT2D eigenvalue weighted by Crippen LogP contribution is 2.20. The number of carbonyl (C=O) groups is 1. The summed E-state index contributed by atoms with van der Waals surface area (Å²) < 4.78 is 30.4. The molecule has 0 atom stereocenters. The number of carbonyl (C=O) groups excluding carboxylic acids is 1. The number of ether oxygens (including phenoxy) is 1. The molecular weight excluding hydrogens is 316 g/mol. The molecule has 1 N–H and O–H groups in total. The Kier molecular flexibility index (Phi) is 4.41. The minimum Gasteiger partial charge on any atom is -0.435 e. The lowest BCUT2D eigenvalue weighted by molar-refractivity contribution is -0.0498. The molecule has 0 fully saturated rings. The molecular formula is C17H15F2N3O2. The lowest BCUT2D eigenvalue weighted by atomic mass is 10.2. The number of nitrogens with one attached hydrogen (secondary N) is 1. The van der Waals surface area contributed by atoms with Crippen LogP contribution in [0.5, 0.6) is 5.75 Å². The molecule has 0 aliphatic heterocycles. The highest BCUT2D eigenvalue weighted by molar-refractivity contribution is 6.04. The summed E-state index contributed by atoms with van der Waals surface area (Å²) in [5.74, 6) is 0.0718. The van der Waals surface area contributed by atoms with Crippen molar-refractivity contribution in [3.63, 3.8) is 0 Å². The molecule has 0 unspecified atom stereocenters.